The number of halogens is 1. The molecule has 104 valence electrons. The van der Waals surface area contributed by atoms with Crippen LogP contribution in [0.2, 0.25) is 5.02 Å². The Hall–Kier alpha value is -2.73. The Morgan fingerprint density at radius 2 is 2.19 bits per heavy atom. The second kappa shape index (κ2) is 5.72. The molecule has 1 amide bonds. The van der Waals surface area contributed by atoms with Crippen molar-refractivity contribution in [2.24, 2.45) is 5.10 Å². The van der Waals surface area contributed by atoms with Gasteiger partial charge in [0.05, 0.1) is 23.1 Å². The molecule has 0 saturated heterocycles. The van der Waals surface area contributed by atoms with E-state index < -0.39 is 5.91 Å². The molecule has 0 aliphatic rings. The van der Waals surface area contributed by atoms with E-state index in [2.05, 4.69) is 25.5 Å². The zero-order chi connectivity index (χ0) is 14.7. The third-order valence-electron chi connectivity index (χ3n) is 2.82. The van der Waals surface area contributed by atoms with Gasteiger partial charge < -0.3 is 4.98 Å². The number of amides is 1. The molecule has 0 bridgehead atoms. The fourth-order valence-electron chi connectivity index (χ4n) is 1.85. The summed E-state index contributed by atoms with van der Waals surface area (Å²) in [6.45, 7) is 0. The highest BCUT2D eigenvalue weighted by Gasteiger charge is 2.08. The number of nitrogens with zero attached hydrogens (tertiary/aromatic N) is 3. The van der Waals surface area contributed by atoms with Gasteiger partial charge in [0, 0.05) is 23.3 Å². The van der Waals surface area contributed by atoms with E-state index in [4.69, 9.17) is 11.6 Å². The number of aromatic nitrogens is 3. The molecule has 21 heavy (non-hydrogen) atoms. The van der Waals surface area contributed by atoms with E-state index in [0.29, 0.717) is 10.7 Å². The summed E-state index contributed by atoms with van der Waals surface area (Å²) in [5.74, 6) is -0.438. The molecular formula is C14H10ClN5O. The lowest BCUT2D eigenvalue weighted by atomic mass is 10.2. The Kier molecular flexibility index (Phi) is 3.61. The van der Waals surface area contributed by atoms with Gasteiger partial charge >= 0.3 is 0 Å². The molecule has 0 aliphatic carbocycles. The van der Waals surface area contributed by atoms with Crippen LogP contribution in [0.25, 0.3) is 10.9 Å². The number of rotatable bonds is 3. The Labute approximate surface area is 124 Å². The van der Waals surface area contributed by atoms with Crippen LogP contribution in [0.15, 0.2) is 48.0 Å². The molecule has 0 fully saturated rings. The lowest BCUT2D eigenvalue weighted by Crippen LogP contribution is -2.19. The van der Waals surface area contributed by atoms with Crippen molar-refractivity contribution in [3.63, 3.8) is 0 Å². The summed E-state index contributed by atoms with van der Waals surface area (Å²) < 4.78 is 0. The molecule has 0 atom stereocenters. The monoisotopic (exact) mass is 299 g/mol. The smallest absolute Gasteiger partial charge is 0.291 e. The highest BCUT2D eigenvalue weighted by Crippen LogP contribution is 2.25. The highest BCUT2D eigenvalue weighted by atomic mass is 35.5. The molecule has 2 N–H and O–H groups in total. The van der Waals surface area contributed by atoms with Gasteiger partial charge in [0.25, 0.3) is 5.91 Å². The number of carbonyl (C=O) groups is 1. The third-order valence-corrected chi connectivity index (χ3v) is 3.23. The maximum Gasteiger partial charge on any atom is 0.291 e. The summed E-state index contributed by atoms with van der Waals surface area (Å²) in [5, 5.41) is 5.33. The number of benzene rings is 1. The first-order valence-corrected chi connectivity index (χ1v) is 6.49. The summed E-state index contributed by atoms with van der Waals surface area (Å²) >= 11 is 6.23. The van der Waals surface area contributed by atoms with E-state index in [1.165, 1.54) is 24.8 Å². The molecule has 3 rings (SSSR count). The maximum atomic E-state index is 11.7. The summed E-state index contributed by atoms with van der Waals surface area (Å²) in [5.41, 5.74) is 4.09. The first-order chi connectivity index (χ1) is 10.3. The minimum Gasteiger partial charge on any atom is -0.352 e. The van der Waals surface area contributed by atoms with E-state index >= 15 is 0 Å². The fraction of sp³-hybridized carbons (Fsp3) is 0. The molecular weight excluding hydrogens is 290 g/mol. The van der Waals surface area contributed by atoms with Crippen LogP contribution in [0.5, 0.6) is 0 Å². The summed E-state index contributed by atoms with van der Waals surface area (Å²) in [6, 6.07) is 7.63. The first-order valence-electron chi connectivity index (χ1n) is 6.11. The third kappa shape index (κ3) is 2.75. The average Bonchev–Trinajstić information content (AvgIpc) is 2.85. The number of carbonyl (C=O) groups excluding carboxylic acids is 1. The summed E-state index contributed by atoms with van der Waals surface area (Å²) in [7, 11) is 0. The van der Waals surface area contributed by atoms with E-state index in [0.717, 1.165) is 10.9 Å². The van der Waals surface area contributed by atoms with Gasteiger partial charge in [-0.05, 0) is 6.07 Å². The van der Waals surface area contributed by atoms with Crippen LogP contribution in [0.3, 0.4) is 0 Å². The first kappa shape index (κ1) is 13.3. The number of hydrogen-bond acceptors (Lipinski definition) is 4. The van der Waals surface area contributed by atoms with Crippen molar-refractivity contribution in [1.82, 2.24) is 20.4 Å². The normalized spacial score (nSPS) is 11.1. The second-order valence-electron chi connectivity index (χ2n) is 4.19. The average molecular weight is 300 g/mol. The molecule has 0 radical (unpaired) electrons. The van der Waals surface area contributed by atoms with E-state index in [9.17, 15) is 4.79 Å². The van der Waals surface area contributed by atoms with E-state index in [1.807, 2.05) is 24.3 Å². The van der Waals surface area contributed by atoms with Crippen LogP contribution in [0, 0.1) is 0 Å². The predicted molar refractivity (Wildman–Crippen MR) is 80.4 cm³/mol. The van der Waals surface area contributed by atoms with Gasteiger partial charge in [0.2, 0.25) is 0 Å². The number of fused-ring (bicyclic) bond motifs is 1. The standard InChI is InChI=1S/C14H10ClN5O/c15-13-9-3-1-2-4-10(9)19-11(13)8-18-20-14(21)12-7-16-5-6-17-12/h1-8,19H,(H,20,21). The van der Waals surface area contributed by atoms with E-state index in [1.54, 1.807) is 0 Å². The summed E-state index contributed by atoms with van der Waals surface area (Å²) in [4.78, 5) is 22.5. The highest BCUT2D eigenvalue weighted by molar-refractivity contribution is 6.38. The zero-order valence-corrected chi connectivity index (χ0v) is 11.5. The molecule has 0 unspecified atom stereocenters. The van der Waals surface area contributed by atoms with Crippen molar-refractivity contribution in [2.45, 2.75) is 0 Å². The molecule has 1 aromatic carbocycles. The number of H-pyrrole nitrogens is 1. The minimum absolute atomic E-state index is 0.192. The number of hydrazone groups is 1. The van der Waals surface area contributed by atoms with Gasteiger partial charge in [-0.15, -0.1) is 0 Å². The van der Waals surface area contributed by atoms with Crippen LogP contribution in [0.1, 0.15) is 16.2 Å². The van der Waals surface area contributed by atoms with Crippen LogP contribution in [0.4, 0.5) is 0 Å². The fourth-order valence-corrected chi connectivity index (χ4v) is 2.11. The van der Waals surface area contributed by atoms with Crippen molar-refractivity contribution in [1.29, 1.82) is 0 Å². The Morgan fingerprint density at radius 3 is 2.95 bits per heavy atom. The molecule has 7 heteroatoms. The lowest BCUT2D eigenvalue weighted by Gasteiger charge is -1.96. The molecule has 6 nitrogen and oxygen atoms in total. The number of nitrogens with one attached hydrogen (secondary N) is 2. The zero-order valence-electron chi connectivity index (χ0n) is 10.7. The molecule has 2 heterocycles. The quantitative estimate of drug-likeness (QED) is 0.575. The Balaban J connectivity index is 1.76. The Morgan fingerprint density at radius 1 is 1.33 bits per heavy atom. The van der Waals surface area contributed by atoms with Crippen molar-refractivity contribution in [3.8, 4) is 0 Å². The lowest BCUT2D eigenvalue weighted by molar-refractivity contribution is 0.0949. The van der Waals surface area contributed by atoms with Crippen molar-refractivity contribution in [2.75, 3.05) is 0 Å². The van der Waals surface area contributed by atoms with Crippen molar-refractivity contribution >= 4 is 34.6 Å². The maximum absolute atomic E-state index is 11.7. The second-order valence-corrected chi connectivity index (χ2v) is 4.57. The van der Waals surface area contributed by atoms with Gasteiger partial charge in [-0.25, -0.2) is 10.4 Å². The minimum atomic E-state index is -0.438. The number of para-hydroxylation sites is 1. The number of hydrogen-bond donors (Lipinski definition) is 2. The van der Waals surface area contributed by atoms with Crippen LogP contribution >= 0.6 is 11.6 Å². The molecule has 0 aliphatic heterocycles. The van der Waals surface area contributed by atoms with Gasteiger partial charge in [-0.1, -0.05) is 29.8 Å². The van der Waals surface area contributed by atoms with Crippen LogP contribution in [-0.2, 0) is 0 Å². The van der Waals surface area contributed by atoms with Gasteiger partial charge in [-0.3, -0.25) is 9.78 Å². The molecule has 0 saturated carbocycles. The van der Waals surface area contributed by atoms with Gasteiger partial charge in [0.15, 0.2) is 0 Å². The van der Waals surface area contributed by atoms with Crippen LogP contribution in [-0.4, -0.2) is 27.1 Å². The number of aromatic amines is 1. The van der Waals surface area contributed by atoms with Gasteiger partial charge in [-0.2, -0.15) is 5.10 Å². The van der Waals surface area contributed by atoms with Crippen molar-refractivity contribution < 1.29 is 4.79 Å². The Bertz CT molecular complexity index is 813. The van der Waals surface area contributed by atoms with Gasteiger partial charge in [0.1, 0.15) is 5.69 Å². The predicted octanol–water partition coefficient (Wildman–Crippen LogP) is 2.38. The molecule has 2 aromatic heterocycles. The topological polar surface area (TPSA) is 83.0 Å². The molecule has 3 aromatic rings. The van der Waals surface area contributed by atoms with Crippen LogP contribution < -0.4 is 5.43 Å². The molecule has 0 spiro atoms. The summed E-state index contributed by atoms with van der Waals surface area (Å²) in [6.07, 6.45) is 5.74. The van der Waals surface area contributed by atoms with Crippen molar-refractivity contribution in [3.05, 3.63) is 59.3 Å². The largest absolute Gasteiger partial charge is 0.352 e. The van der Waals surface area contributed by atoms with E-state index in [-0.39, 0.29) is 5.69 Å². The SMILES string of the molecule is O=C(NN=Cc1[nH]c2ccccc2c1Cl)c1cnccn1.